The van der Waals surface area contributed by atoms with E-state index < -0.39 is 0 Å². The summed E-state index contributed by atoms with van der Waals surface area (Å²) in [7, 11) is 0. The van der Waals surface area contributed by atoms with E-state index in [9.17, 15) is 4.79 Å². The highest BCUT2D eigenvalue weighted by atomic mass is 16.1. The number of para-hydroxylation sites is 1. The summed E-state index contributed by atoms with van der Waals surface area (Å²) in [5.41, 5.74) is 3.84. The fourth-order valence-corrected chi connectivity index (χ4v) is 2.41. The van der Waals surface area contributed by atoms with Gasteiger partial charge in [-0.15, -0.1) is 0 Å². The maximum Gasteiger partial charge on any atom is 0.266 e. The number of hydrogen-bond acceptors (Lipinski definition) is 3. The Bertz CT molecular complexity index is 930. The number of nitrogens with zero attached hydrogens (tertiary/aromatic N) is 3. The van der Waals surface area contributed by atoms with Gasteiger partial charge in [0, 0.05) is 17.0 Å². The maximum atomic E-state index is 11.6. The van der Waals surface area contributed by atoms with Crippen molar-refractivity contribution in [3.8, 4) is 23.0 Å². The summed E-state index contributed by atoms with van der Waals surface area (Å²) >= 11 is 0. The lowest BCUT2D eigenvalue weighted by Crippen LogP contribution is -2.12. The molecular weight excluding hydrogens is 276 g/mol. The standard InChI is InChI=1S/C17H14N4O/c1-11-8-16(20-21(11)14-6-4-3-5-7-14)15-9-13(10-18)17(22)19-12(15)2/h3-9H,1-2H3,(H,19,22). The molecule has 0 aliphatic rings. The van der Waals surface area contributed by atoms with Crippen LogP contribution in [0.4, 0.5) is 0 Å². The van der Waals surface area contributed by atoms with E-state index in [1.807, 2.05) is 54.1 Å². The molecule has 0 saturated heterocycles. The van der Waals surface area contributed by atoms with Crippen LogP contribution in [-0.2, 0) is 0 Å². The summed E-state index contributed by atoms with van der Waals surface area (Å²) in [4.78, 5) is 14.3. The number of hydrogen-bond donors (Lipinski definition) is 1. The fraction of sp³-hybridized carbons (Fsp3) is 0.118. The van der Waals surface area contributed by atoms with Crippen LogP contribution in [-0.4, -0.2) is 14.8 Å². The maximum absolute atomic E-state index is 11.6. The van der Waals surface area contributed by atoms with E-state index in [1.54, 1.807) is 13.0 Å². The predicted octanol–water partition coefficient (Wildman–Crippen LogP) is 2.72. The fourth-order valence-electron chi connectivity index (χ4n) is 2.41. The highest BCUT2D eigenvalue weighted by Gasteiger charge is 2.12. The zero-order chi connectivity index (χ0) is 15.7. The van der Waals surface area contributed by atoms with Crippen molar-refractivity contribution >= 4 is 0 Å². The van der Waals surface area contributed by atoms with Gasteiger partial charge in [0.05, 0.1) is 11.4 Å². The van der Waals surface area contributed by atoms with E-state index in [0.29, 0.717) is 5.69 Å². The minimum Gasteiger partial charge on any atom is -0.325 e. The number of rotatable bonds is 2. The molecule has 1 aromatic carbocycles. The molecule has 0 amide bonds. The van der Waals surface area contributed by atoms with Crippen molar-refractivity contribution in [2.45, 2.75) is 13.8 Å². The van der Waals surface area contributed by atoms with Gasteiger partial charge in [-0.05, 0) is 38.1 Å². The van der Waals surface area contributed by atoms with E-state index in [-0.39, 0.29) is 11.1 Å². The van der Waals surface area contributed by atoms with Crippen LogP contribution in [0.25, 0.3) is 16.9 Å². The Morgan fingerprint density at radius 1 is 1.18 bits per heavy atom. The third-order valence-electron chi connectivity index (χ3n) is 3.52. The molecule has 0 fully saturated rings. The van der Waals surface area contributed by atoms with Gasteiger partial charge in [-0.3, -0.25) is 4.79 Å². The molecular formula is C17H14N4O. The Morgan fingerprint density at radius 3 is 2.59 bits per heavy atom. The van der Waals surface area contributed by atoms with Crippen LogP contribution in [0.5, 0.6) is 0 Å². The van der Waals surface area contributed by atoms with Gasteiger partial charge in [-0.2, -0.15) is 10.4 Å². The number of aromatic amines is 1. The lowest BCUT2D eigenvalue weighted by atomic mass is 10.1. The molecule has 0 saturated carbocycles. The molecule has 0 unspecified atom stereocenters. The second kappa shape index (κ2) is 5.34. The van der Waals surface area contributed by atoms with Crippen LogP contribution < -0.4 is 5.56 Å². The third-order valence-corrected chi connectivity index (χ3v) is 3.52. The molecule has 108 valence electrons. The molecule has 3 aromatic rings. The Labute approximate surface area is 127 Å². The van der Waals surface area contributed by atoms with E-state index in [1.165, 1.54) is 0 Å². The highest BCUT2D eigenvalue weighted by Crippen LogP contribution is 2.23. The molecule has 3 rings (SSSR count). The first-order chi connectivity index (χ1) is 10.6. The minimum atomic E-state index is -0.372. The Morgan fingerprint density at radius 2 is 1.91 bits per heavy atom. The summed E-state index contributed by atoms with van der Waals surface area (Å²) in [6, 6.07) is 15.2. The highest BCUT2D eigenvalue weighted by molar-refractivity contribution is 5.64. The van der Waals surface area contributed by atoms with E-state index in [0.717, 1.165) is 22.6 Å². The van der Waals surface area contributed by atoms with E-state index >= 15 is 0 Å². The van der Waals surface area contributed by atoms with Crippen LogP contribution in [0, 0.1) is 25.2 Å². The van der Waals surface area contributed by atoms with Gasteiger partial charge < -0.3 is 4.98 Å². The number of nitriles is 1. The lowest BCUT2D eigenvalue weighted by molar-refractivity contribution is 0.849. The van der Waals surface area contributed by atoms with Crippen molar-refractivity contribution in [1.82, 2.24) is 14.8 Å². The molecule has 0 aliphatic carbocycles. The largest absolute Gasteiger partial charge is 0.325 e. The number of nitrogens with one attached hydrogen (secondary N) is 1. The number of aromatic nitrogens is 3. The van der Waals surface area contributed by atoms with Crippen LogP contribution in [0.2, 0.25) is 0 Å². The molecule has 1 N–H and O–H groups in total. The average molecular weight is 290 g/mol. The summed E-state index contributed by atoms with van der Waals surface area (Å²) in [6.45, 7) is 3.77. The molecule has 0 bridgehead atoms. The predicted molar refractivity (Wildman–Crippen MR) is 83.8 cm³/mol. The molecule has 5 heteroatoms. The molecule has 0 aliphatic heterocycles. The van der Waals surface area contributed by atoms with Gasteiger partial charge >= 0.3 is 0 Å². The second-order valence-corrected chi connectivity index (χ2v) is 5.08. The molecule has 0 atom stereocenters. The van der Waals surface area contributed by atoms with Crippen LogP contribution in [0.1, 0.15) is 17.0 Å². The van der Waals surface area contributed by atoms with Gasteiger partial charge in [0.25, 0.3) is 5.56 Å². The SMILES string of the molecule is Cc1[nH]c(=O)c(C#N)cc1-c1cc(C)n(-c2ccccc2)n1. The number of H-pyrrole nitrogens is 1. The molecule has 0 spiro atoms. The smallest absolute Gasteiger partial charge is 0.266 e. The van der Waals surface area contributed by atoms with Crippen molar-refractivity contribution in [1.29, 1.82) is 5.26 Å². The van der Waals surface area contributed by atoms with Crippen LogP contribution >= 0.6 is 0 Å². The summed E-state index contributed by atoms with van der Waals surface area (Å²) in [5, 5.41) is 13.6. The zero-order valence-corrected chi connectivity index (χ0v) is 12.3. The van der Waals surface area contributed by atoms with Crippen molar-refractivity contribution in [3.05, 3.63) is 69.8 Å². The Balaban J connectivity index is 2.16. The lowest BCUT2D eigenvalue weighted by Gasteiger charge is -2.04. The Hall–Kier alpha value is -3.13. The van der Waals surface area contributed by atoms with Gasteiger partial charge in [0.1, 0.15) is 11.6 Å². The van der Waals surface area contributed by atoms with Crippen LogP contribution in [0.3, 0.4) is 0 Å². The normalized spacial score (nSPS) is 10.4. The van der Waals surface area contributed by atoms with Crippen molar-refractivity contribution < 1.29 is 0 Å². The average Bonchev–Trinajstić information content (AvgIpc) is 2.90. The van der Waals surface area contributed by atoms with Crippen LogP contribution in [0.15, 0.2) is 47.3 Å². The summed E-state index contributed by atoms with van der Waals surface area (Å²) in [6.07, 6.45) is 0. The summed E-state index contributed by atoms with van der Waals surface area (Å²) < 4.78 is 1.84. The molecule has 0 radical (unpaired) electrons. The van der Waals surface area contributed by atoms with Crippen molar-refractivity contribution in [2.24, 2.45) is 0 Å². The van der Waals surface area contributed by atoms with E-state index in [4.69, 9.17) is 5.26 Å². The number of aryl methyl sites for hydroxylation is 2. The second-order valence-electron chi connectivity index (χ2n) is 5.08. The number of pyridine rings is 1. The van der Waals surface area contributed by atoms with Gasteiger partial charge in [-0.25, -0.2) is 4.68 Å². The molecule has 22 heavy (non-hydrogen) atoms. The molecule has 2 aromatic heterocycles. The monoisotopic (exact) mass is 290 g/mol. The summed E-state index contributed by atoms with van der Waals surface area (Å²) in [5.74, 6) is 0. The van der Waals surface area contributed by atoms with Gasteiger partial charge in [0.2, 0.25) is 0 Å². The van der Waals surface area contributed by atoms with Crippen molar-refractivity contribution in [2.75, 3.05) is 0 Å². The quantitative estimate of drug-likeness (QED) is 0.788. The molecule has 5 nitrogen and oxygen atoms in total. The van der Waals surface area contributed by atoms with Gasteiger partial charge in [-0.1, -0.05) is 18.2 Å². The van der Waals surface area contributed by atoms with Crippen molar-refractivity contribution in [3.63, 3.8) is 0 Å². The number of benzene rings is 1. The molecule has 2 heterocycles. The van der Waals surface area contributed by atoms with Gasteiger partial charge in [0.15, 0.2) is 0 Å². The zero-order valence-electron chi connectivity index (χ0n) is 12.3. The van der Waals surface area contributed by atoms with E-state index in [2.05, 4.69) is 10.1 Å². The Kier molecular flexibility index (Phi) is 3.36. The first-order valence-corrected chi connectivity index (χ1v) is 6.86. The first-order valence-electron chi connectivity index (χ1n) is 6.86. The topological polar surface area (TPSA) is 74.5 Å². The first kappa shape index (κ1) is 13.8. The third kappa shape index (κ3) is 2.31. The minimum absolute atomic E-state index is 0.0903.